The van der Waals surface area contributed by atoms with Crippen LogP contribution in [-0.4, -0.2) is 9.97 Å². The smallest absolute Gasteiger partial charge is 0.120 e. The summed E-state index contributed by atoms with van der Waals surface area (Å²) in [5.41, 5.74) is 1.13. The SMILES string of the molecule is C1=CCC(c2ccccc2)(c2ncc[nH]2)C=C1. The van der Waals surface area contributed by atoms with Gasteiger partial charge in [0.2, 0.25) is 0 Å². The molecule has 0 saturated carbocycles. The van der Waals surface area contributed by atoms with Crippen molar-refractivity contribution in [2.75, 3.05) is 0 Å². The van der Waals surface area contributed by atoms with Gasteiger partial charge >= 0.3 is 0 Å². The first-order chi connectivity index (χ1) is 8.42. The maximum Gasteiger partial charge on any atom is 0.120 e. The highest BCUT2D eigenvalue weighted by atomic mass is 14.9. The molecule has 0 fully saturated rings. The fourth-order valence-corrected chi connectivity index (χ4v) is 2.39. The van der Waals surface area contributed by atoms with E-state index in [1.165, 1.54) is 5.56 Å². The van der Waals surface area contributed by atoms with Gasteiger partial charge in [-0.05, 0) is 12.0 Å². The van der Waals surface area contributed by atoms with E-state index in [-0.39, 0.29) is 5.41 Å². The van der Waals surface area contributed by atoms with Crippen LogP contribution in [0.15, 0.2) is 67.0 Å². The maximum atomic E-state index is 4.45. The molecule has 1 heterocycles. The first kappa shape index (κ1) is 10.1. The quantitative estimate of drug-likeness (QED) is 0.830. The Morgan fingerprint density at radius 3 is 2.65 bits per heavy atom. The molecule has 0 spiro atoms. The molecule has 3 rings (SSSR count). The standard InChI is InChI=1S/C15H14N2/c1-3-7-13(8-4-1)15(9-5-2-6-10-15)14-16-11-12-17-14/h1-9,11-12H,10H2,(H,16,17). The lowest BCUT2D eigenvalue weighted by molar-refractivity contribution is 0.607. The van der Waals surface area contributed by atoms with E-state index < -0.39 is 0 Å². The van der Waals surface area contributed by atoms with Crippen molar-refractivity contribution < 1.29 is 0 Å². The lowest BCUT2D eigenvalue weighted by Crippen LogP contribution is -2.27. The summed E-state index contributed by atoms with van der Waals surface area (Å²) in [6, 6.07) is 10.5. The highest BCUT2D eigenvalue weighted by Crippen LogP contribution is 2.37. The number of aromatic nitrogens is 2. The number of hydrogen-bond donors (Lipinski definition) is 1. The van der Waals surface area contributed by atoms with E-state index in [9.17, 15) is 0 Å². The van der Waals surface area contributed by atoms with Crippen LogP contribution in [0.25, 0.3) is 0 Å². The Labute approximate surface area is 101 Å². The van der Waals surface area contributed by atoms with Crippen molar-refractivity contribution in [3.05, 3.63) is 78.4 Å². The normalized spacial score (nSPS) is 22.8. The van der Waals surface area contributed by atoms with Gasteiger partial charge < -0.3 is 4.98 Å². The van der Waals surface area contributed by atoms with Crippen molar-refractivity contribution in [2.24, 2.45) is 0 Å². The molecule has 1 unspecified atom stereocenters. The zero-order valence-corrected chi connectivity index (χ0v) is 9.51. The van der Waals surface area contributed by atoms with Crippen molar-refractivity contribution >= 4 is 0 Å². The maximum absolute atomic E-state index is 4.45. The number of aromatic amines is 1. The molecule has 84 valence electrons. The summed E-state index contributed by atoms with van der Waals surface area (Å²) in [5, 5.41) is 0. The molecule has 0 aliphatic heterocycles. The zero-order valence-electron chi connectivity index (χ0n) is 9.51. The third kappa shape index (κ3) is 1.62. The molecule has 2 aromatic rings. The van der Waals surface area contributed by atoms with Crippen molar-refractivity contribution in [3.63, 3.8) is 0 Å². The predicted molar refractivity (Wildman–Crippen MR) is 68.7 cm³/mol. The molecule has 1 atom stereocenters. The lowest BCUT2D eigenvalue weighted by Gasteiger charge is -2.29. The van der Waals surface area contributed by atoms with Gasteiger partial charge in [-0.1, -0.05) is 54.6 Å². The van der Waals surface area contributed by atoms with Crippen LogP contribution in [0.2, 0.25) is 0 Å². The Kier molecular flexibility index (Phi) is 2.41. The second-order valence-electron chi connectivity index (χ2n) is 4.27. The van der Waals surface area contributed by atoms with E-state index in [4.69, 9.17) is 0 Å². The van der Waals surface area contributed by atoms with Crippen LogP contribution >= 0.6 is 0 Å². The molecular weight excluding hydrogens is 208 g/mol. The van der Waals surface area contributed by atoms with Gasteiger partial charge in [0.25, 0.3) is 0 Å². The number of H-pyrrole nitrogens is 1. The van der Waals surface area contributed by atoms with Crippen LogP contribution in [0.5, 0.6) is 0 Å². The zero-order chi connectivity index (χ0) is 11.6. The average Bonchev–Trinajstić information content (AvgIpc) is 2.95. The topological polar surface area (TPSA) is 28.7 Å². The summed E-state index contributed by atoms with van der Waals surface area (Å²) in [5.74, 6) is 1.00. The van der Waals surface area contributed by atoms with Crippen molar-refractivity contribution in [3.8, 4) is 0 Å². The molecule has 2 nitrogen and oxygen atoms in total. The second-order valence-corrected chi connectivity index (χ2v) is 4.27. The number of allylic oxidation sites excluding steroid dienone is 4. The molecule has 1 aliphatic carbocycles. The first-order valence-electron chi connectivity index (χ1n) is 5.81. The molecule has 0 amide bonds. The number of nitrogens with zero attached hydrogens (tertiary/aromatic N) is 1. The van der Waals surface area contributed by atoms with Gasteiger partial charge in [-0.15, -0.1) is 0 Å². The monoisotopic (exact) mass is 222 g/mol. The van der Waals surface area contributed by atoms with Crippen molar-refractivity contribution in [1.82, 2.24) is 9.97 Å². The second kappa shape index (κ2) is 4.06. The number of nitrogens with one attached hydrogen (secondary N) is 1. The Morgan fingerprint density at radius 1 is 1.12 bits per heavy atom. The number of rotatable bonds is 2. The van der Waals surface area contributed by atoms with Gasteiger partial charge in [0.05, 0.1) is 5.41 Å². The largest absolute Gasteiger partial charge is 0.348 e. The third-order valence-corrected chi connectivity index (χ3v) is 3.28. The van der Waals surface area contributed by atoms with Crippen LogP contribution in [0.1, 0.15) is 17.8 Å². The van der Waals surface area contributed by atoms with Crippen molar-refractivity contribution in [2.45, 2.75) is 11.8 Å². The minimum atomic E-state index is -0.139. The van der Waals surface area contributed by atoms with Crippen LogP contribution in [0.4, 0.5) is 0 Å². The molecular formula is C15H14N2. The summed E-state index contributed by atoms with van der Waals surface area (Å²) < 4.78 is 0. The fraction of sp³-hybridized carbons (Fsp3) is 0.133. The average molecular weight is 222 g/mol. The third-order valence-electron chi connectivity index (χ3n) is 3.28. The molecule has 0 bridgehead atoms. The minimum absolute atomic E-state index is 0.139. The fourth-order valence-electron chi connectivity index (χ4n) is 2.39. The van der Waals surface area contributed by atoms with Gasteiger partial charge in [-0.25, -0.2) is 4.98 Å². The van der Waals surface area contributed by atoms with E-state index in [2.05, 4.69) is 58.5 Å². The Hall–Kier alpha value is -2.09. The number of imidazole rings is 1. The van der Waals surface area contributed by atoms with Crippen molar-refractivity contribution in [1.29, 1.82) is 0 Å². The minimum Gasteiger partial charge on any atom is -0.348 e. The van der Waals surface area contributed by atoms with Crippen LogP contribution < -0.4 is 0 Å². The number of benzene rings is 1. The summed E-state index contributed by atoms with van der Waals surface area (Å²) >= 11 is 0. The molecule has 2 heteroatoms. The van der Waals surface area contributed by atoms with E-state index >= 15 is 0 Å². The highest BCUT2D eigenvalue weighted by Gasteiger charge is 2.33. The van der Waals surface area contributed by atoms with Gasteiger partial charge in [-0.2, -0.15) is 0 Å². The Balaban J connectivity index is 2.16. The molecule has 0 radical (unpaired) electrons. The van der Waals surface area contributed by atoms with E-state index in [1.54, 1.807) is 0 Å². The van der Waals surface area contributed by atoms with Gasteiger partial charge in [0.1, 0.15) is 5.82 Å². The summed E-state index contributed by atoms with van der Waals surface area (Å²) in [7, 11) is 0. The molecule has 1 aromatic carbocycles. The molecule has 1 aromatic heterocycles. The first-order valence-corrected chi connectivity index (χ1v) is 5.81. The predicted octanol–water partition coefficient (Wildman–Crippen LogP) is 3.21. The summed E-state index contributed by atoms with van der Waals surface area (Å²) in [6.45, 7) is 0. The van der Waals surface area contributed by atoms with E-state index in [1.807, 2.05) is 18.5 Å². The van der Waals surface area contributed by atoms with E-state index in [0.717, 1.165) is 12.2 Å². The molecule has 17 heavy (non-hydrogen) atoms. The van der Waals surface area contributed by atoms with Gasteiger partial charge in [0, 0.05) is 12.4 Å². The number of hydrogen-bond acceptors (Lipinski definition) is 1. The van der Waals surface area contributed by atoms with Crippen LogP contribution in [0, 0.1) is 0 Å². The molecule has 0 saturated heterocycles. The van der Waals surface area contributed by atoms with Gasteiger partial charge in [-0.3, -0.25) is 0 Å². The van der Waals surface area contributed by atoms with Gasteiger partial charge in [0.15, 0.2) is 0 Å². The highest BCUT2D eigenvalue weighted by molar-refractivity contribution is 5.42. The Morgan fingerprint density at radius 2 is 2.00 bits per heavy atom. The van der Waals surface area contributed by atoms with Crippen LogP contribution in [0.3, 0.4) is 0 Å². The summed E-state index contributed by atoms with van der Waals surface area (Å²) in [4.78, 5) is 7.70. The van der Waals surface area contributed by atoms with Crippen LogP contribution in [-0.2, 0) is 5.41 Å². The molecule has 1 N–H and O–H groups in total. The lowest BCUT2D eigenvalue weighted by atomic mass is 9.75. The van der Waals surface area contributed by atoms with E-state index in [0.29, 0.717) is 0 Å². The Bertz CT molecular complexity index is 538. The molecule has 1 aliphatic rings. The summed E-state index contributed by atoms with van der Waals surface area (Å²) in [6.07, 6.45) is 13.2.